The van der Waals surface area contributed by atoms with E-state index in [0.29, 0.717) is 11.2 Å². The molecule has 2 heterocycles. The van der Waals surface area contributed by atoms with Crippen molar-refractivity contribution in [3.05, 3.63) is 46.9 Å². The fraction of sp³-hybridized carbons (Fsp3) is 0.0833. The number of anilines is 1. The van der Waals surface area contributed by atoms with E-state index in [1.807, 2.05) is 0 Å². The van der Waals surface area contributed by atoms with E-state index in [-0.39, 0.29) is 23.2 Å². The molecule has 0 radical (unpaired) electrons. The summed E-state index contributed by atoms with van der Waals surface area (Å²) in [5.74, 6) is -1.31. The molecule has 0 spiro atoms. The van der Waals surface area contributed by atoms with Gasteiger partial charge in [0.05, 0.1) is 12.9 Å². The Balaban J connectivity index is 2.12. The van der Waals surface area contributed by atoms with E-state index in [4.69, 9.17) is 17.3 Å². The molecule has 0 amide bonds. The summed E-state index contributed by atoms with van der Waals surface area (Å²) in [4.78, 5) is 11.8. The number of fused-ring (bicyclic) bond motifs is 1. The summed E-state index contributed by atoms with van der Waals surface area (Å²) in [6.45, 7) is -0.0677. The highest BCUT2D eigenvalue weighted by molar-refractivity contribution is 6.33. The third-order valence-electron chi connectivity index (χ3n) is 2.83. The normalized spacial score (nSPS) is 11.2. The van der Waals surface area contributed by atoms with Crippen molar-refractivity contribution >= 4 is 28.7 Å². The number of imidazole rings is 1. The third kappa shape index (κ3) is 2.05. The molecule has 0 saturated carbocycles. The van der Waals surface area contributed by atoms with Crippen molar-refractivity contribution in [1.29, 1.82) is 0 Å². The van der Waals surface area contributed by atoms with Gasteiger partial charge in [0, 0.05) is 5.56 Å². The number of nitrogens with zero attached hydrogens (tertiary/aromatic N) is 4. The van der Waals surface area contributed by atoms with Crippen LogP contribution in [0.2, 0.25) is 5.15 Å². The molecule has 0 aliphatic carbocycles. The van der Waals surface area contributed by atoms with Crippen molar-refractivity contribution in [3.8, 4) is 0 Å². The zero-order valence-corrected chi connectivity index (χ0v) is 10.8. The summed E-state index contributed by atoms with van der Waals surface area (Å²) in [5.41, 5.74) is 6.08. The summed E-state index contributed by atoms with van der Waals surface area (Å²) in [7, 11) is 0. The number of rotatable bonds is 2. The minimum Gasteiger partial charge on any atom is -0.368 e. The Bertz CT molecular complexity index is 782. The van der Waals surface area contributed by atoms with Gasteiger partial charge in [-0.15, -0.1) is 0 Å². The zero-order chi connectivity index (χ0) is 14.3. The smallest absolute Gasteiger partial charge is 0.223 e. The molecule has 3 rings (SSSR count). The Morgan fingerprint density at radius 3 is 2.60 bits per heavy atom. The predicted molar refractivity (Wildman–Crippen MR) is 70.2 cm³/mol. The van der Waals surface area contributed by atoms with Gasteiger partial charge in [0.15, 0.2) is 10.8 Å². The van der Waals surface area contributed by atoms with Crippen LogP contribution in [0.3, 0.4) is 0 Å². The van der Waals surface area contributed by atoms with Crippen molar-refractivity contribution in [3.63, 3.8) is 0 Å². The zero-order valence-electron chi connectivity index (χ0n) is 10.0. The Kier molecular flexibility index (Phi) is 2.98. The van der Waals surface area contributed by atoms with Crippen LogP contribution >= 0.6 is 11.6 Å². The first kappa shape index (κ1) is 12.7. The molecular formula is C12H8ClF2N5. The monoisotopic (exact) mass is 295 g/mol. The van der Waals surface area contributed by atoms with Gasteiger partial charge in [-0.25, -0.2) is 13.8 Å². The number of benzene rings is 1. The summed E-state index contributed by atoms with van der Waals surface area (Å²) in [5, 5.41) is 0.0975. The minimum atomic E-state index is -0.639. The first-order chi connectivity index (χ1) is 9.56. The van der Waals surface area contributed by atoms with E-state index < -0.39 is 11.6 Å². The number of nitrogen functional groups attached to an aromatic ring is 1. The average molecular weight is 296 g/mol. The number of aromatic nitrogens is 4. The van der Waals surface area contributed by atoms with Gasteiger partial charge in [0.2, 0.25) is 5.95 Å². The average Bonchev–Trinajstić information content (AvgIpc) is 2.77. The summed E-state index contributed by atoms with van der Waals surface area (Å²) in [6, 6.07) is 3.68. The van der Waals surface area contributed by atoms with Crippen LogP contribution in [0.4, 0.5) is 14.7 Å². The summed E-state index contributed by atoms with van der Waals surface area (Å²) >= 11 is 5.89. The maximum Gasteiger partial charge on any atom is 0.223 e. The fourth-order valence-corrected chi connectivity index (χ4v) is 2.11. The van der Waals surface area contributed by atoms with Crippen LogP contribution in [0.15, 0.2) is 24.5 Å². The van der Waals surface area contributed by atoms with Crippen LogP contribution in [-0.4, -0.2) is 19.5 Å². The Labute approximate surface area is 117 Å². The maximum atomic E-state index is 13.6. The lowest BCUT2D eigenvalue weighted by Gasteiger charge is -2.06. The highest BCUT2D eigenvalue weighted by Gasteiger charge is 2.14. The summed E-state index contributed by atoms with van der Waals surface area (Å²) in [6.07, 6.45) is 1.39. The van der Waals surface area contributed by atoms with E-state index in [9.17, 15) is 8.78 Å². The Morgan fingerprint density at radius 2 is 1.90 bits per heavy atom. The largest absolute Gasteiger partial charge is 0.368 e. The molecule has 20 heavy (non-hydrogen) atoms. The van der Waals surface area contributed by atoms with Crippen molar-refractivity contribution in [2.75, 3.05) is 5.73 Å². The molecule has 102 valence electrons. The molecule has 0 aliphatic rings. The molecule has 2 aromatic heterocycles. The molecule has 1 aromatic carbocycles. The van der Waals surface area contributed by atoms with Gasteiger partial charge in [-0.3, -0.25) is 0 Å². The number of halogens is 3. The minimum absolute atomic E-state index is 0.0294. The second-order valence-corrected chi connectivity index (χ2v) is 4.48. The lowest BCUT2D eigenvalue weighted by molar-refractivity contribution is 0.546. The van der Waals surface area contributed by atoms with E-state index >= 15 is 0 Å². The first-order valence-corrected chi connectivity index (χ1v) is 6.01. The van der Waals surface area contributed by atoms with Crippen LogP contribution in [0, 0.1) is 11.6 Å². The molecule has 0 bridgehead atoms. The van der Waals surface area contributed by atoms with E-state index in [2.05, 4.69) is 15.0 Å². The number of nitrogens with two attached hydrogens (primary N) is 1. The van der Waals surface area contributed by atoms with E-state index in [0.717, 1.165) is 0 Å². The van der Waals surface area contributed by atoms with Gasteiger partial charge in [-0.05, 0) is 12.1 Å². The van der Waals surface area contributed by atoms with Crippen molar-refractivity contribution in [2.45, 2.75) is 6.54 Å². The first-order valence-electron chi connectivity index (χ1n) is 5.63. The topological polar surface area (TPSA) is 69.6 Å². The van der Waals surface area contributed by atoms with Crippen molar-refractivity contribution in [1.82, 2.24) is 19.5 Å². The summed E-state index contributed by atoms with van der Waals surface area (Å²) < 4.78 is 28.7. The lowest BCUT2D eigenvalue weighted by atomic mass is 10.2. The lowest BCUT2D eigenvalue weighted by Crippen LogP contribution is -2.05. The van der Waals surface area contributed by atoms with Gasteiger partial charge in [-0.1, -0.05) is 17.7 Å². The van der Waals surface area contributed by atoms with Crippen LogP contribution in [-0.2, 0) is 6.54 Å². The highest BCUT2D eigenvalue weighted by Crippen LogP contribution is 2.21. The van der Waals surface area contributed by atoms with Gasteiger partial charge in [0.25, 0.3) is 0 Å². The number of hydrogen-bond donors (Lipinski definition) is 1. The maximum absolute atomic E-state index is 13.6. The van der Waals surface area contributed by atoms with Gasteiger partial charge in [-0.2, -0.15) is 9.97 Å². The van der Waals surface area contributed by atoms with Gasteiger partial charge < -0.3 is 10.3 Å². The molecule has 0 unspecified atom stereocenters. The van der Waals surface area contributed by atoms with E-state index in [1.165, 1.54) is 29.1 Å². The Hall–Kier alpha value is -2.28. The van der Waals surface area contributed by atoms with Gasteiger partial charge in [0.1, 0.15) is 17.2 Å². The van der Waals surface area contributed by atoms with E-state index in [1.54, 1.807) is 0 Å². The molecule has 3 aromatic rings. The molecule has 2 N–H and O–H groups in total. The predicted octanol–water partition coefficient (Wildman–Crippen LogP) is 2.39. The second-order valence-electron chi connectivity index (χ2n) is 4.12. The molecule has 0 atom stereocenters. The fourth-order valence-electron chi connectivity index (χ4n) is 1.90. The molecule has 8 heteroatoms. The van der Waals surface area contributed by atoms with Crippen molar-refractivity contribution in [2.24, 2.45) is 0 Å². The quantitative estimate of drug-likeness (QED) is 0.737. The Morgan fingerprint density at radius 1 is 1.20 bits per heavy atom. The SMILES string of the molecule is Nc1nc(Cl)c2ncn(Cc3c(F)cccc3F)c2n1. The van der Waals surface area contributed by atoms with Crippen LogP contribution in [0.1, 0.15) is 5.56 Å². The van der Waals surface area contributed by atoms with Crippen LogP contribution in [0.25, 0.3) is 11.2 Å². The third-order valence-corrected chi connectivity index (χ3v) is 3.09. The molecule has 0 fully saturated rings. The highest BCUT2D eigenvalue weighted by atomic mass is 35.5. The molecule has 0 saturated heterocycles. The van der Waals surface area contributed by atoms with Gasteiger partial charge >= 0.3 is 0 Å². The molecule has 0 aliphatic heterocycles. The van der Waals surface area contributed by atoms with Crippen molar-refractivity contribution < 1.29 is 8.78 Å². The second kappa shape index (κ2) is 4.68. The number of hydrogen-bond acceptors (Lipinski definition) is 4. The standard InChI is InChI=1S/C12H8ClF2N5/c13-10-9-11(19-12(16)18-10)20(5-17-9)4-6-7(14)2-1-3-8(6)15/h1-3,5H,4H2,(H2,16,18,19). The van der Waals surface area contributed by atoms with Crippen LogP contribution < -0.4 is 5.73 Å². The molecule has 5 nitrogen and oxygen atoms in total. The van der Waals surface area contributed by atoms with Crippen LogP contribution in [0.5, 0.6) is 0 Å². The molecular weight excluding hydrogens is 288 g/mol.